The summed E-state index contributed by atoms with van der Waals surface area (Å²) < 4.78 is 37.3. The first-order valence-electron chi connectivity index (χ1n) is 10.2. The first-order chi connectivity index (χ1) is 15.5. The summed E-state index contributed by atoms with van der Waals surface area (Å²) in [5, 5.41) is 7.42. The molecule has 1 fully saturated rings. The summed E-state index contributed by atoms with van der Waals surface area (Å²) in [5.41, 5.74) is 1.75. The minimum absolute atomic E-state index is 0.00845. The second-order valence-corrected chi connectivity index (χ2v) is 8.94. The largest absolute Gasteiger partial charge is 0.462 e. The number of aromatic amines is 1. The van der Waals surface area contributed by atoms with Gasteiger partial charge in [-0.15, -0.1) is 0 Å². The molecule has 0 amide bonds. The van der Waals surface area contributed by atoms with Crippen molar-refractivity contribution in [2.75, 3.05) is 6.61 Å². The van der Waals surface area contributed by atoms with E-state index in [0.29, 0.717) is 16.6 Å². The van der Waals surface area contributed by atoms with Crippen LogP contribution in [0.1, 0.15) is 41.7 Å². The van der Waals surface area contributed by atoms with E-state index in [4.69, 9.17) is 16.3 Å². The van der Waals surface area contributed by atoms with Gasteiger partial charge in [0.1, 0.15) is 0 Å². The maximum atomic E-state index is 15.3. The number of fused-ring (bicyclic) bond motifs is 1. The van der Waals surface area contributed by atoms with Gasteiger partial charge in [0.25, 0.3) is 0 Å². The van der Waals surface area contributed by atoms with Crippen LogP contribution in [0, 0.1) is 11.6 Å². The van der Waals surface area contributed by atoms with Gasteiger partial charge in [0, 0.05) is 33.0 Å². The molecule has 0 unspecified atom stereocenters. The van der Waals surface area contributed by atoms with Crippen molar-refractivity contribution >= 4 is 40.2 Å². The number of carbonyl (C=O) groups is 1. The Morgan fingerprint density at radius 3 is 2.78 bits per heavy atom. The van der Waals surface area contributed by atoms with Crippen LogP contribution in [0.5, 0.6) is 0 Å². The molecule has 0 aliphatic heterocycles. The molecule has 2 heterocycles. The number of benzene rings is 2. The molecule has 0 bridgehead atoms. The highest BCUT2D eigenvalue weighted by atomic mass is 35.5. The fourth-order valence-electron chi connectivity index (χ4n) is 3.83. The van der Waals surface area contributed by atoms with Crippen molar-refractivity contribution in [1.29, 1.82) is 0 Å². The Hall–Kier alpha value is -2.84. The minimum Gasteiger partial charge on any atom is -0.462 e. The lowest BCUT2D eigenvalue weighted by atomic mass is 10.2. The van der Waals surface area contributed by atoms with E-state index in [-0.39, 0.29) is 28.0 Å². The highest BCUT2D eigenvalue weighted by Gasteiger charge is 2.34. The van der Waals surface area contributed by atoms with E-state index in [2.05, 4.69) is 10.2 Å². The molecule has 1 aliphatic rings. The second-order valence-electron chi connectivity index (χ2n) is 7.48. The van der Waals surface area contributed by atoms with E-state index in [1.807, 2.05) is 4.57 Å². The number of rotatable bonds is 6. The predicted molar refractivity (Wildman–Crippen MR) is 119 cm³/mol. The number of aromatic nitrogens is 3. The molecule has 2 aromatic heterocycles. The number of hydrogen-bond acceptors (Lipinski definition) is 4. The van der Waals surface area contributed by atoms with Crippen molar-refractivity contribution in [1.82, 2.24) is 14.8 Å². The quantitative estimate of drug-likeness (QED) is 0.325. The van der Waals surface area contributed by atoms with Crippen molar-refractivity contribution in [3.05, 3.63) is 70.6 Å². The molecular formula is C23H18ClF2N3O2S. The molecule has 0 saturated heterocycles. The maximum absolute atomic E-state index is 15.3. The number of halogens is 3. The van der Waals surface area contributed by atoms with Crippen LogP contribution in [0.15, 0.2) is 52.5 Å². The van der Waals surface area contributed by atoms with E-state index in [9.17, 15) is 4.79 Å². The lowest BCUT2D eigenvalue weighted by Gasteiger charge is -2.11. The Balaban J connectivity index is 1.73. The molecule has 0 atom stereocenters. The summed E-state index contributed by atoms with van der Waals surface area (Å²) in [7, 11) is 0. The summed E-state index contributed by atoms with van der Waals surface area (Å²) in [6.45, 7) is 1.82. The number of ether oxygens (including phenoxy) is 1. The van der Waals surface area contributed by atoms with Crippen molar-refractivity contribution < 1.29 is 18.3 Å². The lowest BCUT2D eigenvalue weighted by molar-refractivity contribution is 0.0520. The van der Waals surface area contributed by atoms with E-state index in [0.717, 1.165) is 23.4 Å². The molecule has 0 spiro atoms. The first kappa shape index (κ1) is 21.0. The fourth-order valence-corrected chi connectivity index (χ4v) is 5.19. The normalized spacial score (nSPS) is 13.6. The second kappa shape index (κ2) is 8.26. The third kappa shape index (κ3) is 3.47. The van der Waals surface area contributed by atoms with Crippen LogP contribution in [0.25, 0.3) is 16.6 Å². The van der Waals surface area contributed by atoms with Gasteiger partial charge in [0.15, 0.2) is 11.6 Å². The monoisotopic (exact) mass is 473 g/mol. The standard InChI is InChI=1S/C23H18ClF2N3O2S/c1-2-31-23(30)14-4-3-5-17(18(14)25)32-22-15-8-9-16(24)19(26)21(15)29(13-10-27-28-11-13)20(22)12-6-7-12/h3-5,8-12H,2,6-7H2,1H3,(H,27,28). The molecule has 2 aromatic carbocycles. The van der Waals surface area contributed by atoms with Crippen molar-refractivity contribution in [2.24, 2.45) is 0 Å². The molecule has 0 radical (unpaired) electrons. The van der Waals surface area contributed by atoms with Crippen LogP contribution in [0.4, 0.5) is 8.78 Å². The molecule has 9 heteroatoms. The SMILES string of the molecule is CCOC(=O)c1cccc(Sc2c(C3CC3)n(-c3cn[nH]c3)c3c(F)c(Cl)ccc23)c1F. The molecule has 5 nitrogen and oxygen atoms in total. The number of nitrogens with zero attached hydrogens (tertiary/aromatic N) is 2. The van der Waals surface area contributed by atoms with Gasteiger partial charge in [-0.3, -0.25) is 5.10 Å². The van der Waals surface area contributed by atoms with Gasteiger partial charge in [-0.05, 0) is 44.0 Å². The van der Waals surface area contributed by atoms with Crippen LogP contribution >= 0.6 is 23.4 Å². The van der Waals surface area contributed by atoms with E-state index in [1.54, 1.807) is 37.5 Å². The van der Waals surface area contributed by atoms with Gasteiger partial charge in [0.2, 0.25) is 0 Å². The fraction of sp³-hybridized carbons (Fsp3) is 0.217. The van der Waals surface area contributed by atoms with Crippen molar-refractivity contribution in [3.8, 4) is 5.69 Å². The number of carbonyl (C=O) groups excluding carboxylic acids is 1. The third-order valence-electron chi connectivity index (χ3n) is 5.39. The Bertz CT molecular complexity index is 1330. The lowest BCUT2D eigenvalue weighted by Crippen LogP contribution is -2.07. The van der Waals surface area contributed by atoms with Gasteiger partial charge >= 0.3 is 5.97 Å². The average molecular weight is 474 g/mol. The highest BCUT2D eigenvalue weighted by Crippen LogP contribution is 2.51. The summed E-state index contributed by atoms with van der Waals surface area (Å²) in [5.74, 6) is -1.71. The van der Waals surface area contributed by atoms with Crippen molar-refractivity contribution in [2.45, 2.75) is 35.5 Å². The van der Waals surface area contributed by atoms with E-state index < -0.39 is 17.6 Å². The number of esters is 1. The zero-order valence-electron chi connectivity index (χ0n) is 17.0. The Kier molecular flexibility index (Phi) is 5.43. The maximum Gasteiger partial charge on any atom is 0.341 e. The van der Waals surface area contributed by atoms with Crippen LogP contribution in [-0.2, 0) is 4.74 Å². The van der Waals surface area contributed by atoms with Gasteiger partial charge < -0.3 is 9.30 Å². The average Bonchev–Trinajstić information content (AvgIpc) is 3.36. The van der Waals surface area contributed by atoms with Gasteiger partial charge in [-0.2, -0.15) is 5.10 Å². The number of hydrogen-bond donors (Lipinski definition) is 1. The predicted octanol–water partition coefficient (Wildman–Crippen LogP) is 6.49. The van der Waals surface area contributed by atoms with Crippen LogP contribution in [-0.4, -0.2) is 27.3 Å². The molecule has 1 N–H and O–H groups in total. The molecule has 5 rings (SSSR count). The zero-order chi connectivity index (χ0) is 22.4. The summed E-state index contributed by atoms with van der Waals surface area (Å²) in [4.78, 5) is 13.2. The molecule has 4 aromatic rings. The minimum atomic E-state index is -0.714. The summed E-state index contributed by atoms with van der Waals surface area (Å²) in [6, 6.07) is 7.87. The summed E-state index contributed by atoms with van der Waals surface area (Å²) in [6.07, 6.45) is 5.19. The Morgan fingerprint density at radius 2 is 2.09 bits per heavy atom. The van der Waals surface area contributed by atoms with E-state index >= 15 is 8.78 Å². The Labute approximate surface area is 191 Å². The first-order valence-corrected chi connectivity index (χ1v) is 11.4. The molecule has 32 heavy (non-hydrogen) atoms. The highest BCUT2D eigenvalue weighted by molar-refractivity contribution is 7.99. The smallest absolute Gasteiger partial charge is 0.341 e. The van der Waals surface area contributed by atoms with Crippen LogP contribution in [0.2, 0.25) is 5.02 Å². The molecular weight excluding hydrogens is 456 g/mol. The van der Waals surface area contributed by atoms with E-state index in [1.165, 1.54) is 23.9 Å². The van der Waals surface area contributed by atoms with Crippen molar-refractivity contribution in [3.63, 3.8) is 0 Å². The number of H-pyrrole nitrogens is 1. The molecule has 1 saturated carbocycles. The van der Waals surface area contributed by atoms with Crippen LogP contribution < -0.4 is 0 Å². The molecule has 164 valence electrons. The molecule has 1 aliphatic carbocycles. The topological polar surface area (TPSA) is 59.9 Å². The van der Waals surface area contributed by atoms with Gasteiger partial charge in [-0.1, -0.05) is 29.4 Å². The third-order valence-corrected chi connectivity index (χ3v) is 6.85. The van der Waals surface area contributed by atoms with Gasteiger partial charge in [0.05, 0.1) is 34.6 Å². The Morgan fingerprint density at radius 1 is 1.28 bits per heavy atom. The summed E-state index contributed by atoms with van der Waals surface area (Å²) >= 11 is 7.30. The van der Waals surface area contributed by atoms with Crippen LogP contribution in [0.3, 0.4) is 0 Å². The van der Waals surface area contributed by atoms with Gasteiger partial charge in [-0.25, -0.2) is 13.6 Å². The zero-order valence-corrected chi connectivity index (χ0v) is 18.6. The number of nitrogens with one attached hydrogen (secondary N) is 1.